The average Bonchev–Trinajstić information content (AvgIpc) is 2.47. The number of hydrogen-bond acceptors (Lipinski definition) is 4. The van der Waals surface area contributed by atoms with Gasteiger partial charge in [0.2, 0.25) is 0 Å². The van der Waals surface area contributed by atoms with Crippen molar-refractivity contribution in [2.45, 2.75) is 13.5 Å². The molecular weight excluding hydrogens is 240 g/mol. The maximum atomic E-state index is 9.58. The largest absolute Gasteiger partial charge is 0.392 e. The number of fused-ring (bicyclic) bond motifs is 1. The fourth-order valence-electron chi connectivity index (χ4n) is 2.55. The lowest BCUT2D eigenvalue weighted by atomic mass is 10.1. The molecule has 19 heavy (non-hydrogen) atoms. The first-order chi connectivity index (χ1) is 9.29. The number of aryl methyl sites for hydroxylation is 1. The molecule has 0 spiro atoms. The van der Waals surface area contributed by atoms with Gasteiger partial charge in [0.05, 0.1) is 25.3 Å². The third kappa shape index (κ3) is 2.29. The van der Waals surface area contributed by atoms with E-state index in [4.69, 9.17) is 9.72 Å². The third-order valence-corrected chi connectivity index (χ3v) is 3.58. The van der Waals surface area contributed by atoms with Crippen molar-refractivity contribution in [3.05, 3.63) is 35.4 Å². The van der Waals surface area contributed by atoms with E-state index in [2.05, 4.69) is 17.9 Å². The van der Waals surface area contributed by atoms with E-state index in [0.717, 1.165) is 54.2 Å². The van der Waals surface area contributed by atoms with Gasteiger partial charge in [-0.1, -0.05) is 18.2 Å². The highest BCUT2D eigenvalue weighted by atomic mass is 16.5. The molecule has 0 atom stereocenters. The van der Waals surface area contributed by atoms with Crippen LogP contribution in [0.3, 0.4) is 0 Å². The molecule has 1 fully saturated rings. The summed E-state index contributed by atoms with van der Waals surface area (Å²) in [5.74, 6) is 0.896. The van der Waals surface area contributed by atoms with E-state index in [1.807, 2.05) is 18.2 Å². The summed E-state index contributed by atoms with van der Waals surface area (Å²) in [6, 6.07) is 8.17. The van der Waals surface area contributed by atoms with Crippen LogP contribution in [0.15, 0.2) is 24.3 Å². The first-order valence-electron chi connectivity index (χ1n) is 6.62. The van der Waals surface area contributed by atoms with Gasteiger partial charge in [0.1, 0.15) is 5.82 Å². The number of anilines is 1. The Morgan fingerprint density at radius 3 is 2.84 bits per heavy atom. The van der Waals surface area contributed by atoms with Crippen LogP contribution >= 0.6 is 0 Å². The van der Waals surface area contributed by atoms with Crippen LogP contribution in [0.25, 0.3) is 10.9 Å². The van der Waals surface area contributed by atoms with Crippen molar-refractivity contribution < 1.29 is 9.84 Å². The maximum absolute atomic E-state index is 9.58. The Morgan fingerprint density at radius 1 is 1.32 bits per heavy atom. The minimum Gasteiger partial charge on any atom is -0.392 e. The second kappa shape index (κ2) is 5.15. The monoisotopic (exact) mass is 258 g/mol. The van der Waals surface area contributed by atoms with Gasteiger partial charge in [-0.3, -0.25) is 0 Å². The van der Waals surface area contributed by atoms with Gasteiger partial charge in [0.25, 0.3) is 0 Å². The van der Waals surface area contributed by atoms with Crippen LogP contribution in [-0.2, 0) is 11.3 Å². The van der Waals surface area contributed by atoms with Gasteiger partial charge in [-0.2, -0.15) is 0 Å². The molecule has 0 amide bonds. The highest BCUT2D eigenvalue weighted by Gasteiger charge is 2.17. The number of rotatable bonds is 2. The number of aliphatic hydroxyl groups excluding tert-OH is 1. The van der Waals surface area contributed by atoms with Gasteiger partial charge >= 0.3 is 0 Å². The van der Waals surface area contributed by atoms with E-state index in [1.165, 1.54) is 0 Å². The molecule has 4 nitrogen and oxygen atoms in total. The molecule has 1 N–H and O–H groups in total. The molecule has 4 heteroatoms. The number of ether oxygens (including phenoxy) is 1. The molecule has 0 unspecified atom stereocenters. The Labute approximate surface area is 112 Å². The third-order valence-electron chi connectivity index (χ3n) is 3.58. The Balaban J connectivity index is 2.13. The van der Waals surface area contributed by atoms with Crippen LogP contribution < -0.4 is 4.90 Å². The van der Waals surface area contributed by atoms with Crippen LogP contribution in [-0.4, -0.2) is 36.4 Å². The van der Waals surface area contributed by atoms with Gasteiger partial charge in [-0.15, -0.1) is 0 Å². The summed E-state index contributed by atoms with van der Waals surface area (Å²) in [4.78, 5) is 6.97. The molecular formula is C15H18N2O2. The number of hydrogen-bond donors (Lipinski definition) is 1. The zero-order chi connectivity index (χ0) is 13.2. The van der Waals surface area contributed by atoms with Crippen LogP contribution in [0.5, 0.6) is 0 Å². The minimum absolute atomic E-state index is 0.0174. The Morgan fingerprint density at radius 2 is 2.11 bits per heavy atom. The van der Waals surface area contributed by atoms with Gasteiger partial charge in [0.15, 0.2) is 0 Å². The summed E-state index contributed by atoms with van der Waals surface area (Å²) in [6.45, 7) is 5.19. The Hall–Kier alpha value is -1.65. The summed E-state index contributed by atoms with van der Waals surface area (Å²) in [7, 11) is 0. The molecule has 0 bridgehead atoms. The molecule has 100 valence electrons. The highest BCUT2D eigenvalue weighted by molar-refractivity contribution is 5.84. The first kappa shape index (κ1) is 12.4. The standard InChI is InChI=1S/C15H18N2O2/c1-11-3-2-4-12-9-13(10-18)15(16-14(11)12)17-5-7-19-8-6-17/h2-4,9,18H,5-8,10H2,1H3. The molecule has 0 aliphatic carbocycles. The Bertz CT molecular complexity index is 592. The van der Waals surface area contributed by atoms with Crippen molar-refractivity contribution in [3.8, 4) is 0 Å². The second-order valence-corrected chi connectivity index (χ2v) is 4.88. The molecule has 0 saturated carbocycles. The highest BCUT2D eigenvalue weighted by Crippen LogP contribution is 2.26. The summed E-state index contributed by atoms with van der Waals surface area (Å²) in [5.41, 5.74) is 3.07. The fraction of sp³-hybridized carbons (Fsp3) is 0.400. The van der Waals surface area contributed by atoms with Crippen LogP contribution in [0.2, 0.25) is 0 Å². The second-order valence-electron chi connectivity index (χ2n) is 4.88. The quantitative estimate of drug-likeness (QED) is 0.893. The maximum Gasteiger partial charge on any atom is 0.134 e. The van der Waals surface area contributed by atoms with Gasteiger partial charge in [0, 0.05) is 24.0 Å². The molecule has 1 saturated heterocycles. The van der Waals surface area contributed by atoms with E-state index in [-0.39, 0.29) is 6.61 Å². The number of aromatic nitrogens is 1. The Kier molecular flexibility index (Phi) is 3.36. The van der Waals surface area contributed by atoms with Crippen molar-refractivity contribution >= 4 is 16.7 Å². The topological polar surface area (TPSA) is 45.6 Å². The fourth-order valence-corrected chi connectivity index (χ4v) is 2.55. The molecule has 3 rings (SSSR count). The SMILES string of the molecule is Cc1cccc2cc(CO)c(N3CCOCC3)nc12. The zero-order valence-electron chi connectivity index (χ0n) is 11.1. The average molecular weight is 258 g/mol. The number of para-hydroxylation sites is 1. The molecule has 1 aliphatic rings. The van der Waals surface area contributed by atoms with Crippen molar-refractivity contribution in [3.63, 3.8) is 0 Å². The summed E-state index contributed by atoms with van der Waals surface area (Å²) >= 11 is 0. The van der Waals surface area contributed by atoms with E-state index in [9.17, 15) is 5.11 Å². The number of benzene rings is 1. The van der Waals surface area contributed by atoms with Crippen LogP contribution in [0, 0.1) is 6.92 Å². The first-order valence-corrected chi connectivity index (χ1v) is 6.62. The van der Waals surface area contributed by atoms with Crippen LogP contribution in [0.4, 0.5) is 5.82 Å². The van der Waals surface area contributed by atoms with E-state index in [1.54, 1.807) is 0 Å². The van der Waals surface area contributed by atoms with Crippen molar-refractivity contribution in [2.24, 2.45) is 0 Å². The van der Waals surface area contributed by atoms with E-state index in [0.29, 0.717) is 0 Å². The van der Waals surface area contributed by atoms with Crippen LogP contribution in [0.1, 0.15) is 11.1 Å². The molecule has 1 aromatic heterocycles. The normalized spacial score (nSPS) is 16.0. The lowest BCUT2D eigenvalue weighted by Gasteiger charge is -2.29. The number of pyridine rings is 1. The number of aliphatic hydroxyl groups is 1. The lowest BCUT2D eigenvalue weighted by Crippen LogP contribution is -2.37. The number of morpholine rings is 1. The molecule has 1 aromatic carbocycles. The molecule has 1 aliphatic heterocycles. The smallest absolute Gasteiger partial charge is 0.134 e. The summed E-state index contributed by atoms with van der Waals surface area (Å²) in [5, 5.41) is 10.7. The van der Waals surface area contributed by atoms with Gasteiger partial charge in [-0.25, -0.2) is 4.98 Å². The minimum atomic E-state index is 0.0174. The molecule has 0 radical (unpaired) electrons. The summed E-state index contributed by atoms with van der Waals surface area (Å²) in [6.07, 6.45) is 0. The lowest BCUT2D eigenvalue weighted by molar-refractivity contribution is 0.122. The van der Waals surface area contributed by atoms with Crippen molar-refractivity contribution in [1.29, 1.82) is 0 Å². The predicted molar refractivity (Wildman–Crippen MR) is 75.4 cm³/mol. The zero-order valence-corrected chi connectivity index (χ0v) is 11.1. The van der Waals surface area contributed by atoms with Crippen molar-refractivity contribution in [2.75, 3.05) is 31.2 Å². The number of nitrogens with zero attached hydrogens (tertiary/aromatic N) is 2. The summed E-state index contributed by atoms with van der Waals surface area (Å²) < 4.78 is 5.37. The van der Waals surface area contributed by atoms with E-state index < -0.39 is 0 Å². The molecule has 2 heterocycles. The van der Waals surface area contributed by atoms with Gasteiger partial charge in [-0.05, 0) is 18.6 Å². The van der Waals surface area contributed by atoms with E-state index >= 15 is 0 Å². The molecule has 2 aromatic rings. The van der Waals surface area contributed by atoms with Crippen molar-refractivity contribution in [1.82, 2.24) is 4.98 Å². The predicted octanol–water partition coefficient (Wildman–Crippen LogP) is 1.87. The van der Waals surface area contributed by atoms with Gasteiger partial charge < -0.3 is 14.7 Å².